The summed E-state index contributed by atoms with van der Waals surface area (Å²) in [6.07, 6.45) is 1.41. The number of rotatable bonds is 9. The van der Waals surface area contributed by atoms with E-state index in [4.69, 9.17) is 26.3 Å². The fraction of sp³-hybridized carbons (Fsp3) is 0.318. The van der Waals surface area contributed by atoms with Gasteiger partial charge in [-0.25, -0.2) is 17.9 Å². The number of hydrogen-bond acceptors (Lipinski definition) is 7. The molecule has 33 heavy (non-hydrogen) atoms. The van der Waals surface area contributed by atoms with Crippen molar-refractivity contribution in [2.75, 3.05) is 31.2 Å². The molecule has 174 valence electrons. The van der Waals surface area contributed by atoms with Crippen LogP contribution in [-0.2, 0) is 24.3 Å². The largest absolute Gasteiger partial charge is 0.452 e. The summed E-state index contributed by atoms with van der Waals surface area (Å²) in [5.41, 5.74) is 0.397. The number of nitrogens with one attached hydrogen (secondary N) is 1. The molecule has 1 saturated heterocycles. The fourth-order valence-corrected chi connectivity index (χ4v) is 4.80. The van der Waals surface area contributed by atoms with E-state index in [-0.39, 0.29) is 34.7 Å². The summed E-state index contributed by atoms with van der Waals surface area (Å²) in [5, 5.41) is 8.95. The van der Waals surface area contributed by atoms with Crippen molar-refractivity contribution in [3.63, 3.8) is 0 Å². The Kier molecular flexibility index (Phi) is 8.41. The van der Waals surface area contributed by atoms with Gasteiger partial charge in [-0.15, -0.1) is 0 Å². The zero-order valence-corrected chi connectivity index (χ0v) is 19.1. The van der Waals surface area contributed by atoms with E-state index in [9.17, 15) is 18.0 Å². The number of para-hydroxylation sites is 1. The van der Waals surface area contributed by atoms with Crippen LogP contribution in [-0.4, -0.2) is 52.7 Å². The molecule has 1 aliphatic rings. The number of carbonyl (C=O) groups is 2. The van der Waals surface area contributed by atoms with Crippen LogP contribution < -0.4 is 9.62 Å². The first-order chi connectivity index (χ1) is 15.8. The van der Waals surface area contributed by atoms with Gasteiger partial charge < -0.3 is 9.47 Å². The van der Waals surface area contributed by atoms with Crippen LogP contribution >= 0.6 is 11.6 Å². The van der Waals surface area contributed by atoms with E-state index in [0.29, 0.717) is 12.3 Å². The molecule has 0 aromatic heterocycles. The second kappa shape index (κ2) is 11.2. The lowest BCUT2D eigenvalue weighted by molar-refractivity contribution is -0.121. The summed E-state index contributed by atoms with van der Waals surface area (Å²) >= 11 is 6.06. The van der Waals surface area contributed by atoms with Gasteiger partial charge in [0.2, 0.25) is 10.0 Å². The standard InChI is InChI=1S/C22H22ClN3O6S/c23-19-9-8-16(13-20(19)33(29,30)25-14-18-7-4-12-31-18)22(28)32-15-21(27)26(11-10-24)17-5-2-1-3-6-17/h1-3,5-6,8-9,13,18,25H,4,7,11-12,14-15H2/t18-/m1/s1. The first kappa shape index (κ1) is 24.7. The van der Waals surface area contributed by atoms with E-state index in [2.05, 4.69) is 4.72 Å². The number of nitrogens with zero attached hydrogens (tertiary/aromatic N) is 2. The summed E-state index contributed by atoms with van der Waals surface area (Å²) in [7, 11) is -4.00. The van der Waals surface area contributed by atoms with Gasteiger partial charge in [0.1, 0.15) is 11.4 Å². The molecule has 0 bridgehead atoms. The number of sulfonamides is 1. The van der Waals surface area contributed by atoms with Gasteiger partial charge in [-0.05, 0) is 43.2 Å². The Labute approximate surface area is 196 Å². The van der Waals surface area contributed by atoms with Crippen LogP contribution in [0.2, 0.25) is 5.02 Å². The first-order valence-corrected chi connectivity index (χ1v) is 12.0. The van der Waals surface area contributed by atoms with Crippen LogP contribution in [0.25, 0.3) is 0 Å². The summed E-state index contributed by atoms with van der Waals surface area (Å²) in [5.74, 6) is -1.50. The van der Waals surface area contributed by atoms with Crippen LogP contribution in [0.15, 0.2) is 53.4 Å². The lowest BCUT2D eigenvalue weighted by Gasteiger charge is -2.19. The molecular weight excluding hydrogens is 470 g/mol. The monoisotopic (exact) mass is 491 g/mol. The molecule has 1 atom stereocenters. The number of hydrogen-bond donors (Lipinski definition) is 1. The maximum atomic E-state index is 12.7. The van der Waals surface area contributed by atoms with Crippen molar-refractivity contribution in [1.82, 2.24) is 4.72 Å². The SMILES string of the molecule is N#CCN(C(=O)COC(=O)c1ccc(Cl)c(S(=O)(=O)NC[C@H]2CCCO2)c1)c1ccccc1. The van der Waals surface area contributed by atoms with Crippen LogP contribution in [0.5, 0.6) is 0 Å². The minimum atomic E-state index is -4.00. The third-order valence-corrected chi connectivity index (χ3v) is 6.81. The highest BCUT2D eigenvalue weighted by molar-refractivity contribution is 7.89. The molecule has 0 unspecified atom stereocenters. The van der Waals surface area contributed by atoms with E-state index in [0.717, 1.165) is 18.9 Å². The zero-order valence-electron chi connectivity index (χ0n) is 17.6. The van der Waals surface area contributed by atoms with Crippen LogP contribution in [0.4, 0.5) is 5.69 Å². The molecule has 0 spiro atoms. The molecule has 0 saturated carbocycles. The second-order valence-electron chi connectivity index (χ2n) is 7.18. The third kappa shape index (κ3) is 6.52. The van der Waals surface area contributed by atoms with E-state index in [1.54, 1.807) is 30.3 Å². The molecule has 3 rings (SSSR count). The second-order valence-corrected chi connectivity index (χ2v) is 9.32. The van der Waals surface area contributed by atoms with Gasteiger partial charge in [0, 0.05) is 18.8 Å². The number of nitriles is 1. The Morgan fingerprint density at radius 2 is 2.00 bits per heavy atom. The number of ether oxygens (including phenoxy) is 2. The number of esters is 1. The predicted molar refractivity (Wildman–Crippen MR) is 120 cm³/mol. The Morgan fingerprint density at radius 1 is 1.24 bits per heavy atom. The van der Waals surface area contributed by atoms with Gasteiger partial charge in [-0.3, -0.25) is 9.69 Å². The Bertz CT molecular complexity index is 1140. The van der Waals surface area contributed by atoms with Crippen LogP contribution in [0.3, 0.4) is 0 Å². The quantitative estimate of drug-likeness (QED) is 0.422. The van der Waals surface area contributed by atoms with Crippen molar-refractivity contribution >= 4 is 39.2 Å². The van der Waals surface area contributed by atoms with E-state index >= 15 is 0 Å². The van der Waals surface area contributed by atoms with Crippen LogP contribution in [0, 0.1) is 11.3 Å². The highest BCUT2D eigenvalue weighted by Gasteiger charge is 2.24. The number of benzene rings is 2. The van der Waals surface area contributed by atoms with Gasteiger partial charge >= 0.3 is 5.97 Å². The molecule has 0 aliphatic carbocycles. The fourth-order valence-electron chi connectivity index (χ4n) is 3.21. The van der Waals surface area contributed by atoms with E-state index < -0.39 is 28.5 Å². The Morgan fingerprint density at radius 3 is 2.67 bits per heavy atom. The molecule has 2 aromatic rings. The Balaban J connectivity index is 1.67. The molecule has 1 amide bonds. The highest BCUT2D eigenvalue weighted by atomic mass is 35.5. The number of anilines is 1. The summed E-state index contributed by atoms with van der Waals surface area (Å²) in [4.78, 5) is 25.9. The van der Waals surface area contributed by atoms with E-state index in [1.165, 1.54) is 17.0 Å². The topological polar surface area (TPSA) is 126 Å². The number of amides is 1. The van der Waals surface area contributed by atoms with Gasteiger partial charge in [0.25, 0.3) is 5.91 Å². The summed E-state index contributed by atoms with van der Waals surface area (Å²) in [6, 6.07) is 14.0. The van der Waals surface area contributed by atoms with Crippen molar-refractivity contribution in [2.45, 2.75) is 23.8 Å². The molecule has 2 aromatic carbocycles. The lowest BCUT2D eigenvalue weighted by Crippen LogP contribution is -2.35. The molecule has 1 heterocycles. The van der Waals surface area contributed by atoms with Gasteiger partial charge in [0.05, 0.1) is 22.8 Å². The van der Waals surface area contributed by atoms with Crippen LogP contribution in [0.1, 0.15) is 23.2 Å². The smallest absolute Gasteiger partial charge is 0.338 e. The van der Waals surface area contributed by atoms with Crippen molar-refractivity contribution in [2.24, 2.45) is 0 Å². The number of halogens is 1. The van der Waals surface area contributed by atoms with Gasteiger partial charge in [-0.1, -0.05) is 29.8 Å². The first-order valence-electron chi connectivity index (χ1n) is 10.1. The molecule has 1 fully saturated rings. The zero-order chi connectivity index (χ0) is 23.8. The maximum absolute atomic E-state index is 12.7. The predicted octanol–water partition coefficient (Wildman–Crippen LogP) is 2.51. The highest BCUT2D eigenvalue weighted by Crippen LogP contribution is 2.24. The third-order valence-electron chi connectivity index (χ3n) is 4.91. The lowest BCUT2D eigenvalue weighted by atomic mass is 10.2. The van der Waals surface area contributed by atoms with Gasteiger partial charge in [-0.2, -0.15) is 5.26 Å². The molecule has 0 radical (unpaired) electrons. The molecule has 9 nitrogen and oxygen atoms in total. The van der Waals surface area contributed by atoms with Crippen molar-refractivity contribution in [1.29, 1.82) is 5.26 Å². The molecule has 1 aliphatic heterocycles. The van der Waals surface area contributed by atoms with Crippen molar-refractivity contribution in [3.8, 4) is 6.07 Å². The molecule has 11 heteroatoms. The van der Waals surface area contributed by atoms with Crippen molar-refractivity contribution in [3.05, 3.63) is 59.1 Å². The van der Waals surface area contributed by atoms with Gasteiger partial charge in [0.15, 0.2) is 6.61 Å². The van der Waals surface area contributed by atoms with E-state index in [1.807, 2.05) is 6.07 Å². The summed E-state index contributed by atoms with van der Waals surface area (Å²) in [6.45, 7) is -0.170. The minimum Gasteiger partial charge on any atom is -0.452 e. The average Bonchev–Trinajstić information content (AvgIpc) is 3.34. The molecular formula is C22H22ClN3O6S. The van der Waals surface area contributed by atoms with Crippen molar-refractivity contribution < 1.29 is 27.5 Å². The Hall–Kier alpha value is -2.97. The maximum Gasteiger partial charge on any atom is 0.338 e. The summed E-state index contributed by atoms with van der Waals surface area (Å²) < 4.78 is 38.3. The average molecular weight is 492 g/mol. The normalized spacial score (nSPS) is 15.6. The minimum absolute atomic E-state index is 0.0632. The number of carbonyl (C=O) groups excluding carboxylic acids is 2. The molecule has 1 N–H and O–H groups in total.